The van der Waals surface area contributed by atoms with Gasteiger partial charge in [0.1, 0.15) is 5.75 Å². The molecule has 0 spiro atoms. The number of benzene rings is 2. The van der Waals surface area contributed by atoms with Gasteiger partial charge in [0.2, 0.25) is 5.91 Å². The summed E-state index contributed by atoms with van der Waals surface area (Å²) in [5.74, 6) is -0.115. The Hall–Kier alpha value is -2.35. The van der Waals surface area contributed by atoms with E-state index in [-0.39, 0.29) is 29.9 Å². The van der Waals surface area contributed by atoms with Crippen molar-refractivity contribution in [2.24, 2.45) is 0 Å². The molecular formula is C17H17Cl2N3O4. The Bertz CT molecular complexity index is 830. The summed E-state index contributed by atoms with van der Waals surface area (Å²) < 4.78 is 5.09. The number of non-ortho nitro benzene ring substituents is 1. The van der Waals surface area contributed by atoms with Crippen LogP contribution in [0.5, 0.6) is 5.75 Å². The fourth-order valence-corrected chi connectivity index (χ4v) is 2.87. The van der Waals surface area contributed by atoms with Crippen LogP contribution in [0, 0.1) is 10.1 Å². The van der Waals surface area contributed by atoms with Gasteiger partial charge in [0, 0.05) is 22.2 Å². The number of hydrogen-bond donors (Lipinski definition) is 2. The van der Waals surface area contributed by atoms with E-state index in [2.05, 4.69) is 10.6 Å². The van der Waals surface area contributed by atoms with Crippen molar-refractivity contribution >= 4 is 40.5 Å². The molecule has 138 valence electrons. The summed E-state index contributed by atoms with van der Waals surface area (Å²) in [6.07, 6.45) is 0. The van der Waals surface area contributed by atoms with E-state index in [9.17, 15) is 14.9 Å². The van der Waals surface area contributed by atoms with Gasteiger partial charge in [-0.3, -0.25) is 14.9 Å². The number of methoxy groups -OCH3 is 1. The number of nitrogens with one attached hydrogen (secondary N) is 2. The van der Waals surface area contributed by atoms with Gasteiger partial charge in [-0.1, -0.05) is 29.3 Å². The van der Waals surface area contributed by atoms with Crippen molar-refractivity contribution in [3.8, 4) is 5.75 Å². The molecule has 1 atom stereocenters. The molecular weight excluding hydrogens is 381 g/mol. The van der Waals surface area contributed by atoms with Gasteiger partial charge in [0.15, 0.2) is 0 Å². The lowest BCUT2D eigenvalue weighted by Gasteiger charge is -2.16. The number of nitro benzene ring substituents is 1. The fraction of sp³-hybridized carbons (Fsp3) is 0.235. The molecule has 2 N–H and O–H groups in total. The number of nitrogens with zero attached hydrogens (tertiary/aromatic N) is 1. The minimum atomic E-state index is -0.535. The van der Waals surface area contributed by atoms with Crippen molar-refractivity contribution in [3.63, 3.8) is 0 Å². The molecule has 0 aliphatic heterocycles. The van der Waals surface area contributed by atoms with Crippen LogP contribution in [0.1, 0.15) is 18.5 Å². The van der Waals surface area contributed by atoms with E-state index in [4.69, 9.17) is 27.9 Å². The summed E-state index contributed by atoms with van der Waals surface area (Å²) in [6, 6.07) is 8.94. The van der Waals surface area contributed by atoms with Crippen LogP contribution in [-0.4, -0.2) is 24.5 Å². The topological polar surface area (TPSA) is 93.5 Å². The lowest BCUT2D eigenvalue weighted by atomic mass is 10.1. The third kappa shape index (κ3) is 5.08. The second-order valence-corrected chi connectivity index (χ2v) is 6.30. The predicted octanol–water partition coefficient (Wildman–Crippen LogP) is 4.20. The SMILES string of the molecule is COc1cc([N+](=O)[O-])ccc1NC(=O)CNC(C)c1ccc(Cl)cc1Cl. The number of nitro groups is 1. The molecule has 1 unspecified atom stereocenters. The van der Waals surface area contributed by atoms with Crippen LogP contribution in [0.4, 0.5) is 11.4 Å². The molecule has 0 aliphatic carbocycles. The molecule has 26 heavy (non-hydrogen) atoms. The molecule has 9 heteroatoms. The Morgan fingerprint density at radius 2 is 2.00 bits per heavy atom. The molecule has 0 bridgehead atoms. The minimum Gasteiger partial charge on any atom is -0.494 e. The van der Waals surface area contributed by atoms with Crippen LogP contribution in [0.25, 0.3) is 0 Å². The number of halogens is 2. The first-order chi connectivity index (χ1) is 12.3. The number of hydrogen-bond acceptors (Lipinski definition) is 5. The van der Waals surface area contributed by atoms with Gasteiger partial charge in [0.25, 0.3) is 5.69 Å². The zero-order valence-electron chi connectivity index (χ0n) is 14.1. The highest BCUT2D eigenvalue weighted by atomic mass is 35.5. The van der Waals surface area contributed by atoms with E-state index >= 15 is 0 Å². The molecule has 2 rings (SSSR count). The molecule has 0 heterocycles. The number of ether oxygens (including phenoxy) is 1. The molecule has 7 nitrogen and oxygen atoms in total. The lowest BCUT2D eigenvalue weighted by molar-refractivity contribution is -0.384. The first-order valence-electron chi connectivity index (χ1n) is 7.62. The van der Waals surface area contributed by atoms with Crippen LogP contribution >= 0.6 is 23.2 Å². The van der Waals surface area contributed by atoms with Gasteiger partial charge >= 0.3 is 0 Å². The summed E-state index contributed by atoms with van der Waals surface area (Å²) in [5, 5.41) is 17.6. The number of rotatable bonds is 7. The first kappa shape index (κ1) is 20.0. The van der Waals surface area contributed by atoms with Gasteiger partial charge < -0.3 is 15.4 Å². The summed E-state index contributed by atoms with van der Waals surface area (Å²) in [6.45, 7) is 1.88. The van der Waals surface area contributed by atoms with Gasteiger partial charge in [-0.25, -0.2) is 0 Å². The molecule has 1 amide bonds. The van der Waals surface area contributed by atoms with Crippen molar-refractivity contribution in [1.82, 2.24) is 5.32 Å². The maximum Gasteiger partial charge on any atom is 0.273 e. The lowest BCUT2D eigenvalue weighted by Crippen LogP contribution is -2.30. The number of carbonyl (C=O) groups excluding carboxylic acids is 1. The van der Waals surface area contributed by atoms with Crippen LogP contribution in [-0.2, 0) is 4.79 Å². The molecule has 0 fully saturated rings. The Balaban J connectivity index is 1.99. The van der Waals surface area contributed by atoms with Gasteiger partial charge in [0.05, 0.1) is 30.3 Å². The highest BCUT2D eigenvalue weighted by Gasteiger charge is 2.15. The fourth-order valence-electron chi connectivity index (χ4n) is 2.30. The summed E-state index contributed by atoms with van der Waals surface area (Å²) in [4.78, 5) is 22.4. The zero-order chi connectivity index (χ0) is 19.3. The van der Waals surface area contributed by atoms with E-state index in [1.807, 2.05) is 6.92 Å². The Morgan fingerprint density at radius 1 is 1.27 bits per heavy atom. The average Bonchev–Trinajstić information content (AvgIpc) is 2.59. The summed E-state index contributed by atoms with van der Waals surface area (Å²) in [7, 11) is 1.37. The maximum atomic E-state index is 12.2. The van der Waals surface area contributed by atoms with Crippen LogP contribution < -0.4 is 15.4 Å². The van der Waals surface area contributed by atoms with E-state index in [1.54, 1.807) is 18.2 Å². The molecule has 0 saturated carbocycles. The largest absolute Gasteiger partial charge is 0.494 e. The number of anilines is 1. The van der Waals surface area contributed by atoms with E-state index in [1.165, 1.54) is 25.3 Å². The smallest absolute Gasteiger partial charge is 0.273 e. The zero-order valence-corrected chi connectivity index (χ0v) is 15.6. The summed E-state index contributed by atoms with van der Waals surface area (Å²) in [5.41, 5.74) is 1.04. The monoisotopic (exact) mass is 397 g/mol. The Morgan fingerprint density at radius 3 is 2.62 bits per heavy atom. The van der Waals surface area contributed by atoms with Crippen LogP contribution in [0.3, 0.4) is 0 Å². The van der Waals surface area contributed by atoms with E-state index in [0.29, 0.717) is 15.7 Å². The Labute approximate surface area is 160 Å². The minimum absolute atomic E-state index is 0.0142. The second-order valence-electron chi connectivity index (χ2n) is 5.46. The van der Waals surface area contributed by atoms with Crippen molar-refractivity contribution in [2.75, 3.05) is 19.0 Å². The molecule has 2 aromatic carbocycles. The highest BCUT2D eigenvalue weighted by Crippen LogP contribution is 2.29. The normalized spacial score (nSPS) is 11.7. The quantitative estimate of drug-likeness (QED) is 0.539. The van der Waals surface area contributed by atoms with Gasteiger partial charge in [-0.15, -0.1) is 0 Å². The van der Waals surface area contributed by atoms with Crippen LogP contribution in [0.15, 0.2) is 36.4 Å². The maximum absolute atomic E-state index is 12.2. The van der Waals surface area contributed by atoms with Crippen LogP contribution in [0.2, 0.25) is 10.0 Å². The molecule has 0 radical (unpaired) electrons. The second kappa shape index (κ2) is 8.84. The van der Waals surface area contributed by atoms with Crippen molar-refractivity contribution in [3.05, 3.63) is 62.1 Å². The Kier molecular flexibility index (Phi) is 6.79. The number of amides is 1. The molecule has 0 aromatic heterocycles. The highest BCUT2D eigenvalue weighted by molar-refractivity contribution is 6.35. The molecule has 0 aliphatic rings. The van der Waals surface area contributed by atoms with Crippen molar-refractivity contribution in [2.45, 2.75) is 13.0 Å². The third-order valence-corrected chi connectivity index (χ3v) is 4.23. The van der Waals surface area contributed by atoms with E-state index < -0.39 is 4.92 Å². The predicted molar refractivity (Wildman–Crippen MR) is 101 cm³/mol. The van der Waals surface area contributed by atoms with Crippen molar-refractivity contribution in [1.29, 1.82) is 0 Å². The first-order valence-corrected chi connectivity index (χ1v) is 8.38. The van der Waals surface area contributed by atoms with Gasteiger partial charge in [-0.05, 0) is 30.7 Å². The third-order valence-electron chi connectivity index (χ3n) is 3.67. The number of carbonyl (C=O) groups is 1. The van der Waals surface area contributed by atoms with Crippen molar-refractivity contribution < 1.29 is 14.5 Å². The molecule has 0 saturated heterocycles. The van der Waals surface area contributed by atoms with Gasteiger partial charge in [-0.2, -0.15) is 0 Å². The summed E-state index contributed by atoms with van der Waals surface area (Å²) >= 11 is 12.0. The average molecular weight is 398 g/mol. The van der Waals surface area contributed by atoms with E-state index in [0.717, 1.165) is 5.56 Å². The standard InChI is InChI=1S/C17H17Cl2N3O4/c1-10(13-5-3-11(18)7-14(13)19)20-9-17(23)21-15-6-4-12(22(24)25)8-16(15)26-2/h3-8,10,20H,9H2,1-2H3,(H,21,23). The molecule has 2 aromatic rings.